The number of phosphoric acid groups is 1. The van der Waals surface area contributed by atoms with Crippen molar-refractivity contribution >= 4 is 7.82 Å². The molecule has 3 N–H and O–H groups in total. The molecular formula is C6H11Na2O8P. The Hall–Kier alpha value is 1.95. The van der Waals surface area contributed by atoms with Crippen LogP contribution in [-0.2, 0) is 13.8 Å². The van der Waals surface area contributed by atoms with Crippen LogP contribution in [0.5, 0.6) is 0 Å². The Balaban J connectivity index is 0. The molecule has 0 amide bonds. The number of rotatable bonds is 3. The van der Waals surface area contributed by atoms with Crippen molar-refractivity contribution in [1.82, 2.24) is 0 Å². The number of hydrogen-bond acceptors (Lipinski definition) is 8. The predicted octanol–water partition coefficient (Wildman–Crippen LogP) is -9.33. The topological polar surface area (TPSA) is 142 Å². The maximum absolute atomic E-state index is 10.3. The maximum Gasteiger partial charge on any atom is 1.00 e. The van der Waals surface area contributed by atoms with Crippen molar-refractivity contribution in [2.45, 2.75) is 31.0 Å². The Morgan fingerprint density at radius 3 is 2.24 bits per heavy atom. The number of aliphatic hydroxyl groups is 3. The van der Waals surface area contributed by atoms with Crippen molar-refractivity contribution in [1.29, 1.82) is 0 Å². The number of phosphoric ester groups is 1. The van der Waals surface area contributed by atoms with E-state index in [0.717, 1.165) is 0 Å². The van der Waals surface area contributed by atoms with Crippen LogP contribution >= 0.6 is 7.82 Å². The molecule has 0 saturated carbocycles. The van der Waals surface area contributed by atoms with Crippen molar-refractivity contribution < 1.29 is 98.0 Å². The van der Waals surface area contributed by atoms with E-state index in [1.807, 2.05) is 0 Å². The van der Waals surface area contributed by atoms with Gasteiger partial charge in [-0.05, 0) is 0 Å². The maximum atomic E-state index is 10.3. The summed E-state index contributed by atoms with van der Waals surface area (Å²) in [4.78, 5) is 20.5. The average Bonchev–Trinajstić information content (AvgIpc) is 2.07. The molecule has 0 aromatic heterocycles. The van der Waals surface area contributed by atoms with Crippen molar-refractivity contribution in [2.24, 2.45) is 0 Å². The Labute approximate surface area is 142 Å². The molecule has 11 heteroatoms. The van der Waals surface area contributed by atoms with Crippen LogP contribution in [0.4, 0.5) is 0 Å². The fourth-order valence-electron chi connectivity index (χ4n) is 1.25. The Kier molecular flexibility index (Phi) is 11.2. The van der Waals surface area contributed by atoms with Crippen LogP contribution in [0.15, 0.2) is 0 Å². The van der Waals surface area contributed by atoms with Gasteiger partial charge in [-0.15, -0.1) is 0 Å². The molecule has 0 aliphatic carbocycles. The van der Waals surface area contributed by atoms with Crippen LogP contribution in [0.3, 0.4) is 0 Å². The SMILES string of the molecule is O=P([O-])([O-])O[C@H]1O[C@H](CO)[C@@H](O)C[C@H]1O.[Na+].[Na+]. The quantitative estimate of drug-likeness (QED) is 0.343. The van der Waals surface area contributed by atoms with E-state index in [0.29, 0.717) is 0 Å². The molecule has 1 aliphatic heterocycles. The summed E-state index contributed by atoms with van der Waals surface area (Å²) in [7, 11) is -5.28. The fraction of sp³-hybridized carbons (Fsp3) is 1.00. The van der Waals surface area contributed by atoms with Crippen molar-refractivity contribution in [2.75, 3.05) is 6.61 Å². The van der Waals surface area contributed by atoms with Gasteiger partial charge >= 0.3 is 59.1 Å². The predicted molar refractivity (Wildman–Crippen MR) is 41.1 cm³/mol. The van der Waals surface area contributed by atoms with Gasteiger partial charge in [0.1, 0.15) is 12.2 Å². The molecule has 1 fully saturated rings. The van der Waals surface area contributed by atoms with Gasteiger partial charge in [-0.2, -0.15) is 0 Å². The second kappa shape index (κ2) is 8.99. The van der Waals surface area contributed by atoms with Crippen molar-refractivity contribution in [3.05, 3.63) is 0 Å². The molecule has 0 unspecified atom stereocenters. The van der Waals surface area contributed by atoms with Crippen molar-refractivity contribution in [3.63, 3.8) is 0 Å². The van der Waals surface area contributed by atoms with Gasteiger partial charge in [0.2, 0.25) is 0 Å². The first-order valence-electron chi connectivity index (χ1n) is 4.16. The molecule has 1 aliphatic rings. The summed E-state index contributed by atoms with van der Waals surface area (Å²) in [6.45, 7) is -0.574. The van der Waals surface area contributed by atoms with Crippen LogP contribution in [0.2, 0.25) is 0 Å². The first-order chi connectivity index (χ1) is 6.83. The van der Waals surface area contributed by atoms with Gasteiger partial charge in [0.25, 0.3) is 0 Å². The Morgan fingerprint density at radius 2 is 1.82 bits per heavy atom. The molecule has 0 aromatic carbocycles. The largest absolute Gasteiger partial charge is 1.00 e. The summed E-state index contributed by atoms with van der Waals surface area (Å²) in [6, 6.07) is 0. The zero-order valence-corrected chi connectivity index (χ0v) is 14.4. The number of hydrogen-bond donors (Lipinski definition) is 3. The van der Waals surface area contributed by atoms with Gasteiger partial charge in [0.05, 0.1) is 20.5 Å². The molecule has 0 bridgehead atoms. The first-order valence-corrected chi connectivity index (χ1v) is 5.62. The van der Waals surface area contributed by atoms with Gasteiger partial charge in [0, 0.05) is 6.42 Å². The van der Waals surface area contributed by atoms with Gasteiger partial charge in [-0.3, -0.25) is 0 Å². The standard InChI is InChI=1S/C6H13O8P.2Na/c7-2-5-3(8)1-4(9)6(13-5)14-15(10,11)12;;/h3-9H,1-2H2,(H2,10,11,12);;/q;2*+1/p-2/t3-,4+,5+,6+;;/m0../s1. The smallest absolute Gasteiger partial charge is 0.790 e. The molecule has 0 radical (unpaired) electrons. The Morgan fingerprint density at radius 1 is 1.29 bits per heavy atom. The van der Waals surface area contributed by atoms with E-state index in [4.69, 9.17) is 9.84 Å². The summed E-state index contributed by atoms with van der Waals surface area (Å²) in [5.41, 5.74) is 0. The van der Waals surface area contributed by atoms with E-state index in [1.54, 1.807) is 0 Å². The summed E-state index contributed by atoms with van der Waals surface area (Å²) in [5, 5.41) is 27.2. The third-order valence-electron chi connectivity index (χ3n) is 1.95. The molecule has 90 valence electrons. The second-order valence-electron chi connectivity index (χ2n) is 3.15. The van der Waals surface area contributed by atoms with Gasteiger partial charge in [0.15, 0.2) is 6.29 Å². The zero-order chi connectivity index (χ0) is 11.6. The fourth-order valence-corrected chi connectivity index (χ4v) is 1.70. The molecule has 1 heterocycles. The second-order valence-corrected chi connectivity index (χ2v) is 4.25. The zero-order valence-electron chi connectivity index (χ0n) is 9.55. The normalized spacial score (nSPS) is 33.5. The van der Waals surface area contributed by atoms with Gasteiger partial charge in [-0.25, -0.2) is 0 Å². The van der Waals surface area contributed by atoms with Crippen LogP contribution in [0.1, 0.15) is 6.42 Å². The monoisotopic (exact) mass is 288 g/mol. The molecule has 4 atom stereocenters. The van der Waals surface area contributed by atoms with Crippen LogP contribution in [0.25, 0.3) is 0 Å². The van der Waals surface area contributed by atoms with E-state index in [2.05, 4.69) is 4.52 Å². The molecule has 0 spiro atoms. The average molecular weight is 288 g/mol. The number of ether oxygens (including phenoxy) is 1. The van der Waals surface area contributed by atoms with Crippen LogP contribution in [-0.4, -0.2) is 46.5 Å². The van der Waals surface area contributed by atoms with E-state index in [-0.39, 0.29) is 65.5 Å². The third-order valence-corrected chi connectivity index (χ3v) is 2.41. The Bertz CT molecular complexity index is 260. The molecule has 8 nitrogen and oxygen atoms in total. The minimum atomic E-state index is -5.28. The van der Waals surface area contributed by atoms with Crippen LogP contribution < -0.4 is 68.9 Å². The van der Waals surface area contributed by atoms with E-state index >= 15 is 0 Å². The molecule has 1 rings (SSSR count). The summed E-state index contributed by atoms with van der Waals surface area (Å²) < 4.78 is 18.9. The molecule has 0 aromatic rings. The third kappa shape index (κ3) is 7.34. The van der Waals surface area contributed by atoms with E-state index in [1.165, 1.54) is 0 Å². The summed E-state index contributed by atoms with van der Waals surface area (Å²) >= 11 is 0. The summed E-state index contributed by atoms with van der Waals surface area (Å²) in [6.07, 6.45) is -5.56. The minimum absolute atomic E-state index is 0. The molecule has 1 saturated heterocycles. The van der Waals surface area contributed by atoms with Crippen LogP contribution in [0, 0.1) is 0 Å². The van der Waals surface area contributed by atoms with Gasteiger partial charge < -0.3 is 38.9 Å². The van der Waals surface area contributed by atoms with E-state index < -0.39 is 39.0 Å². The van der Waals surface area contributed by atoms with Gasteiger partial charge in [-0.1, -0.05) is 0 Å². The van der Waals surface area contributed by atoms with Crippen molar-refractivity contribution in [3.8, 4) is 0 Å². The molecule has 17 heavy (non-hydrogen) atoms. The minimum Gasteiger partial charge on any atom is -0.790 e. The molecular weight excluding hydrogens is 277 g/mol. The first kappa shape index (κ1) is 21.3. The number of aliphatic hydroxyl groups excluding tert-OH is 3. The van der Waals surface area contributed by atoms with E-state index in [9.17, 15) is 24.6 Å². The summed E-state index contributed by atoms with van der Waals surface area (Å²) in [5.74, 6) is 0.